The zero-order valence-electron chi connectivity index (χ0n) is 11.7. The highest BCUT2D eigenvalue weighted by Crippen LogP contribution is 2.46. The third-order valence-electron chi connectivity index (χ3n) is 3.53. The second-order valence-electron chi connectivity index (χ2n) is 5.23. The molecule has 2 aromatic rings. The smallest absolute Gasteiger partial charge is 0.380 e. The van der Waals surface area contributed by atoms with E-state index >= 15 is 0 Å². The van der Waals surface area contributed by atoms with Gasteiger partial charge in [0.05, 0.1) is 6.16 Å². The van der Waals surface area contributed by atoms with Gasteiger partial charge in [-0.05, 0) is 41.8 Å². The molecule has 3 rings (SSSR count). The molecule has 4 nitrogen and oxygen atoms in total. The number of hydrogen-bond acceptors (Lipinski definition) is 3. The van der Waals surface area contributed by atoms with Crippen LogP contribution in [-0.2, 0) is 23.7 Å². The summed E-state index contributed by atoms with van der Waals surface area (Å²) >= 11 is 0. The van der Waals surface area contributed by atoms with E-state index in [1.807, 2.05) is 24.3 Å². The lowest BCUT2D eigenvalue weighted by Crippen LogP contribution is -2.23. The number of hydrogen-bond donors (Lipinski definition) is 2. The lowest BCUT2D eigenvalue weighted by atomic mass is 9.99. The maximum absolute atomic E-state index is 12.2. The molecule has 0 radical (unpaired) electrons. The average Bonchev–Trinajstić information content (AvgIpc) is 2.47. The number of nitrogens with one attached hydrogen (secondary N) is 1. The van der Waals surface area contributed by atoms with Crippen LogP contribution in [0.25, 0.3) is 0 Å². The lowest BCUT2D eigenvalue weighted by molar-refractivity contribution is 0.378. The predicted molar refractivity (Wildman–Crippen MR) is 82.5 cm³/mol. The first-order valence-electron chi connectivity index (χ1n) is 7.00. The molecule has 5 heteroatoms. The molecule has 1 heterocycles. The summed E-state index contributed by atoms with van der Waals surface area (Å²) in [4.78, 5) is 10.0. The van der Waals surface area contributed by atoms with E-state index in [0.29, 0.717) is 5.75 Å². The van der Waals surface area contributed by atoms with Crippen molar-refractivity contribution in [3.05, 3.63) is 65.2 Å². The molecule has 2 N–H and O–H groups in total. The summed E-state index contributed by atoms with van der Waals surface area (Å²) < 4.78 is 17.5. The Morgan fingerprint density at radius 3 is 2.76 bits per heavy atom. The monoisotopic (exact) mass is 303 g/mol. The molecule has 2 aromatic carbocycles. The molecule has 0 bridgehead atoms. The molecule has 0 saturated carbocycles. The largest absolute Gasteiger partial charge is 0.424 e. The molecule has 0 spiro atoms. The third-order valence-corrected chi connectivity index (χ3v) is 4.79. The van der Waals surface area contributed by atoms with Crippen LogP contribution in [0.5, 0.6) is 5.75 Å². The Balaban J connectivity index is 1.74. The van der Waals surface area contributed by atoms with Gasteiger partial charge in [-0.25, -0.2) is 4.57 Å². The minimum absolute atomic E-state index is 0.0304. The third kappa shape index (κ3) is 3.73. The minimum Gasteiger partial charge on any atom is -0.424 e. The Labute approximate surface area is 124 Å². The molecule has 21 heavy (non-hydrogen) atoms. The fraction of sp³-hybridized carbons (Fsp3) is 0.250. The molecule has 1 unspecified atom stereocenters. The van der Waals surface area contributed by atoms with Gasteiger partial charge in [-0.3, -0.25) is 0 Å². The van der Waals surface area contributed by atoms with Gasteiger partial charge in [0, 0.05) is 6.54 Å². The highest BCUT2D eigenvalue weighted by Gasteiger charge is 2.22. The molecule has 0 aromatic heterocycles. The summed E-state index contributed by atoms with van der Waals surface area (Å²) in [7, 11) is -3.69. The molecule has 0 aliphatic carbocycles. The number of rotatable bonds is 4. The van der Waals surface area contributed by atoms with Gasteiger partial charge in [0.1, 0.15) is 5.75 Å². The lowest BCUT2D eigenvalue weighted by Gasteiger charge is -2.19. The highest BCUT2D eigenvalue weighted by molar-refractivity contribution is 7.52. The van der Waals surface area contributed by atoms with Crippen molar-refractivity contribution < 1.29 is 14.0 Å². The molecule has 1 aliphatic rings. The van der Waals surface area contributed by atoms with Crippen molar-refractivity contribution in [1.82, 2.24) is 5.32 Å². The summed E-state index contributed by atoms with van der Waals surface area (Å²) in [5, 5.41) is 3.31. The first-order valence-corrected chi connectivity index (χ1v) is 8.76. The summed E-state index contributed by atoms with van der Waals surface area (Å²) in [5.74, 6) is 0.422. The van der Waals surface area contributed by atoms with Crippen LogP contribution in [0, 0.1) is 0 Å². The Kier molecular flexibility index (Phi) is 4.11. The zero-order chi connectivity index (χ0) is 14.7. The van der Waals surface area contributed by atoms with Gasteiger partial charge in [-0.15, -0.1) is 0 Å². The highest BCUT2D eigenvalue weighted by atomic mass is 31.2. The van der Waals surface area contributed by atoms with Crippen molar-refractivity contribution in [2.75, 3.05) is 6.54 Å². The van der Waals surface area contributed by atoms with Gasteiger partial charge in [0.15, 0.2) is 0 Å². The Morgan fingerprint density at radius 1 is 1.14 bits per heavy atom. The van der Waals surface area contributed by atoms with E-state index < -0.39 is 7.60 Å². The Hall–Kier alpha value is -1.61. The van der Waals surface area contributed by atoms with E-state index in [9.17, 15) is 9.46 Å². The number of para-hydroxylation sites is 1. The number of benzene rings is 2. The van der Waals surface area contributed by atoms with Gasteiger partial charge >= 0.3 is 7.60 Å². The molecule has 1 atom stereocenters. The van der Waals surface area contributed by atoms with E-state index in [1.54, 1.807) is 24.3 Å². The van der Waals surface area contributed by atoms with Crippen LogP contribution in [0.3, 0.4) is 0 Å². The summed E-state index contributed by atoms with van der Waals surface area (Å²) in [6.07, 6.45) is 0.987. The van der Waals surface area contributed by atoms with Gasteiger partial charge in [0.25, 0.3) is 0 Å². The summed E-state index contributed by atoms with van der Waals surface area (Å²) in [5.41, 5.74) is 3.37. The second kappa shape index (κ2) is 6.02. The van der Waals surface area contributed by atoms with Crippen molar-refractivity contribution >= 4 is 7.60 Å². The van der Waals surface area contributed by atoms with E-state index in [2.05, 4.69) is 5.32 Å². The van der Waals surface area contributed by atoms with Gasteiger partial charge in [0.2, 0.25) is 0 Å². The first-order chi connectivity index (χ1) is 10.1. The van der Waals surface area contributed by atoms with Crippen molar-refractivity contribution in [3.63, 3.8) is 0 Å². The molecular weight excluding hydrogens is 285 g/mol. The number of fused-ring (bicyclic) bond motifs is 1. The molecular formula is C16H18NO3P. The van der Waals surface area contributed by atoms with Gasteiger partial charge in [-0.1, -0.05) is 36.4 Å². The van der Waals surface area contributed by atoms with Gasteiger partial charge in [-0.2, -0.15) is 0 Å². The van der Waals surface area contributed by atoms with Crippen LogP contribution in [0.2, 0.25) is 0 Å². The summed E-state index contributed by atoms with van der Waals surface area (Å²) in [6, 6.07) is 14.7. The standard InChI is InChI=1S/C16H18NO3P/c18-21(19,20-16-4-2-1-3-5-16)12-13-6-7-15-11-17-9-8-14(15)10-13/h1-7,10,17H,8-9,11-12H2,(H,18,19). The van der Waals surface area contributed by atoms with Crippen molar-refractivity contribution in [2.24, 2.45) is 0 Å². The maximum Gasteiger partial charge on any atom is 0.380 e. The van der Waals surface area contributed by atoms with Crippen LogP contribution < -0.4 is 9.84 Å². The van der Waals surface area contributed by atoms with Crippen LogP contribution in [0.1, 0.15) is 16.7 Å². The fourth-order valence-corrected chi connectivity index (χ4v) is 3.71. The molecule has 0 fully saturated rings. The average molecular weight is 303 g/mol. The van der Waals surface area contributed by atoms with E-state index in [0.717, 1.165) is 25.1 Å². The van der Waals surface area contributed by atoms with E-state index in [-0.39, 0.29) is 6.16 Å². The Morgan fingerprint density at radius 2 is 1.95 bits per heavy atom. The van der Waals surface area contributed by atoms with E-state index in [1.165, 1.54) is 11.1 Å². The molecule has 0 amide bonds. The van der Waals surface area contributed by atoms with Crippen LogP contribution in [0.4, 0.5) is 0 Å². The predicted octanol–water partition coefficient (Wildman–Crippen LogP) is 3.10. The van der Waals surface area contributed by atoms with Gasteiger partial charge < -0.3 is 14.7 Å². The Bertz CT molecular complexity index is 672. The van der Waals surface area contributed by atoms with Crippen LogP contribution >= 0.6 is 7.60 Å². The topological polar surface area (TPSA) is 58.6 Å². The SMILES string of the molecule is O=P(O)(Cc1ccc2c(c1)CCNC2)Oc1ccccc1. The second-order valence-corrected chi connectivity index (χ2v) is 7.00. The van der Waals surface area contributed by atoms with Crippen LogP contribution in [0.15, 0.2) is 48.5 Å². The quantitative estimate of drug-likeness (QED) is 0.852. The molecule has 1 aliphatic heterocycles. The van der Waals surface area contributed by atoms with Crippen molar-refractivity contribution in [3.8, 4) is 5.75 Å². The molecule has 0 saturated heterocycles. The summed E-state index contributed by atoms with van der Waals surface area (Å²) in [6.45, 7) is 1.82. The van der Waals surface area contributed by atoms with Crippen LogP contribution in [-0.4, -0.2) is 11.4 Å². The van der Waals surface area contributed by atoms with E-state index in [4.69, 9.17) is 4.52 Å². The normalized spacial score (nSPS) is 16.8. The fourth-order valence-electron chi connectivity index (χ4n) is 2.54. The minimum atomic E-state index is -3.69. The molecule has 110 valence electrons. The first kappa shape index (κ1) is 14.3. The van der Waals surface area contributed by atoms with Crippen molar-refractivity contribution in [2.45, 2.75) is 19.1 Å². The van der Waals surface area contributed by atoms with Crippen molar-refractivity contribution in [1.29, 1.82) is 0 Å². The zero-order valence-corrected chi connectivity index (χ0v) is 12.6. The maximum atomic E-state index is 12.2.